The summed E-state index contributed by atoms with van der Waals surface area (Å²) in [6.07, 6.45) is 1.01. The summed E-state index contributed by atoms with van der Waals surface area (Å²) >= 11 is 5.26. The van der Waals surface area contributed by atoms with Gasteiger partial charge in [-0.05, 0) is 29.7 Å². The van der Waals surface area contributed by atoms with Crippen molar-refractivity contribution in [2.45, 2.75) is 30.3 Å². The Bertz CT molecular complexity index is 788. The number of halogens is 1. The molecule has 6 heteroatoms. The van der Waals surface area contributed by atoms with Crippen LogP contribution in [0.5, 0.6) is 0 Å². The molecule has 0 bridgehead atoms. The standard InChI is InChI=1S/C21H24BrN3OS/c22-17-8-4-7-16(11-17)14-27-21-23-19-9-10-25(13-18(19)20(26)24-21)12-15-5-2-1-3-6-15/h1-8,11,18-19,21,23H,9-10,12-14H2,(H,24,26). The maximum absolute atomic E-state index is 12.7. The van der Waals surface area contributed by atoms with Gasteiger partial charge in [-0.2, -0.15) is 0 Å². The largest absolute Gasteiger partial charge is 0.331 e. The van der Waals surface area contributed by atoms with Crippen molar-refractivity contribution in [3.8, 4) is 0 Å². The lowest BCUT2D eigenvalue weighted by molar-refractivity contribution is -0.130. The average molecular weight is 446 g/mol. The number of likely N-dealkylation sites (tertiary alicyclic amines) is 1. The maximum atomic E-state index is 12.7. The minimum atomic E-state index is -0.0154. The average Bonchev–Trinajstić information content (AvgIpc) is 2.68. The van der Waals surface area contributed by atoms with Crippen LogP contribution in [0.1, 0.15) is 17.5 Å². The molecule has 3 unspecified atom stereocenters. The summed E-state index contributed by atoms with van der Waals surface area (Å²) in [5.41, 5.74) is 2.55. The van der Waals surface area contributed by atoms with Crippen LogP contribution < -0.4 is 10.6 Å². The first-order valence-electron chi connectivity index (χ1n) is 9.36. The monoisotopic (exact) mass is 445 g/mol. The Balaban J connectivity index is 1.31. The molecule has 2 fully saturated rings. The molecule has 2 aromatic carbocycles. The number of hydrogen-bond acceptors (Lipinski definition) is 4. The van der Waals surface area contributed by atoms with Crippen molar-refractivity contribution < 1.29 is 4.79 Å². The van der Waals surface area contributed by atoms with Gasteiger partial charge in [0.15, 0.2) is 0 Å². The Labute approximate surface area is 173 Å². The third-order valence-corrected chi connectivity index (χ3v) is 6.81. The molecule has 0 aromatic heterocycles. The van der Waals surface area contributed by atoms with Gasteiger partial charge in [0.25, 0.3) is 0 Å². The van der Waals surface area contributed by atoms with Gasteiger partial charge in [0.05, 0.1) is 5.92 Å². The molecule has 0 aliphatic carbocycles. The van der Waals surface area contributed by atoms with Crippen LogP contribution in [-0.4, -0.2) is 35.4 Å². The van der Waals surface area contributed by atoms with E-state index in [0.717, 1.165) is 36.3 Å². The molecule has 3 atom stereocenters. The van der Waals surface area contributed by atoms with Crippen LogP contribution in [0.25, 0.3) is 0 Å². The number of hydrogen-bond donors (Lipinski definition) is 2. The van der Waals surface area contributed by atoms with Crippen LogP contribution in [0.3, 0.4) is 0 Å². The zero-order chi connectivity index (χ0) is 18.6. The lowest BCUT2D eigenvalue weighted by Crippen LogP contribution is -2.64. The Morgan fingerprint density at radius 2 is 1.93 bits per heavy atom. The fraction of sp³-hybridized carbons (Fsp3) is 0.381. The SMILES string of the molecule is O=C1NC(SCc2cccc(Br)c2)NC2CCN(Cc3ccccc3)CC12. The lowest BCUT2D eigenvalue weighted by atomic mass is 9.89. The summed E-state index contributed by atoms with van der Waals surface area (Å²) in [6.45, 7) is 2.76. The van der Waals surface area contributed by atoms with E-state index in [4.69, 9.17) is 0 Å². The van der Waals surface area contributed by atoms with Gasteiger partial charge < -0.3 is 5.32 Å². The van der Waals surface area contributed by atoms with Gasteiger partial charge in [-0.25, -0.2) is 0 Å². The van der Waals surface area contributed by atoms with E-state index in [1.807, 2.05) is 18.2 Å². The number of carbonyl (C=O) groups excluding carboxylic acids is 1. The first-order chi connectivity index (χ1) is 13.2. The number of carbonyl (C=O) groups is 1. The van der Waals surface area contributed by atoms with Gasteiger partial charge >= 0.3 is 0 Å². The van der Waals surface area contributed by atoms with Gasteiger partial charge in [0.1, 0.15) is 5.50 Å². The zero-order valence-corrected chi connectivity index (χ0v) is 17.5. The van der Waals surface area contributed by atoms with Crippen molar-refractivity contribution in [3.05, 3.63) is 70.2 Å². The molecule has 4 rings (SSSR count). The Morgan fingerprint density at radius 1 is 1.11 bits per heavy atom. The molecule has 2 heterocycles. The summed E-state index contributed by atoms with van der Waals surface area (Å²) < 4.78 is 1.09. The minimum Gasteiger partial charge on any atom is -0.331 e. The molecule has 0 radical (unpaired) electrons. The minimum absolute atomic E-state index is 0.0154. The number of piperidine rings is 1. The van der Waals surface area contributed by atoms with Crippen molar-refractivity contribution in [1.82, 2.24) is 15.5 Å². The quantitative estimate of drug-likeness (QED) is 0.737. The number of thioether (sulfide) groups is 1. The van der Waals surface area contributed by atoms with Gasteiger partial charge in [0, 0.05) is 35.9 Å². The van der Waals surface area contributed by atoms with Crippen molar-refractivity contribution in [2.24, 2.45) is 5.92 Å². The summed E-state index contributed by atoms with van der Waals surface area (Å²) in [5, 5.41) is 6.81. The van der Waals surface area contributed by atoms with Gasteiger partial charge in [-0.3, -0.25) is 15.0 Å². The van der Waals surface area contributed by atoms with Gasteiger partial charge in [-0.1, -0.05) is 58.4 Å². The fourth-order valence-corrected chi connectivity index (χ4v) is 5.29. The van der Waals surface area contributed by atoms with E-state index in [9.17, 15) is 4.79 Å². The van der Waals surface area contributed by atoms with E-state index in [1.165, 1.54) is 11.1 Å². The summed E-state index contributed by atoms with van der Waals surface area (Å²) in [4.78, 5) is 15.1. The topological polar surface area (TPSA) is 44.4 Å². The molecule has 4 nitrogen and oxygen atoms in total. The number of nitrogens with one attached hydrogen (secondary N) is 2. The zero-order valence-electron chi connectivity index (χ0n) is 15.1. The summed E-state index contributed by atoms with van der Waals surface area (Å²) in [5.74, 6) is 1.09. The van der Waals surface area contributed by atoms with Crippen molar-refractivity contribution in [3.63, 3.8) is 0 Å². The molecule has 2 saturated heterocycles. The highest BCUT2D eigenvalue weighted by molar-refractivity contribution is 9.10. The molecule has 142 valence electrons. The molecule has 2 aliphatic heterocycles. The molecule has 27 heavy (non-hydrogen) atoms. The number of nitrogens with zero attached hydrogens (tertiary/aromatic N) is 1. The summed E-state index contributed by atoms with van der Waals surface area (Å²) in [7, 11) is 0. The van der Waals surface area contributed by atoms with Gasteiger partial charge in [0.2, 0.25) is 5.91 Å². The van der Waals surface area contributed by atoms with E-state index >= 15 is 0 Å². The second-order valence-corrected chi connectivity index (χ2v) is 9.23. The second kappa shape index (κ2) is 8.78. The Morgan fingerprint density at radius 3 is 2.74 bits per heavy atom. The Kier molecular flexibility index (Phi) is 6.18. The molecule has 0 spiro atoms. The molecule has 2 aliphatic rings. The first kappa shape index (κ1) is 19.0. The number of amides is 1. The normalized spacial score (nSPS) is 25.7. The van der Waals surface area contributed by atoms with Crippen LogP contribution in [0.2, 0.25) is 0 Å². The molecule has 2 aromatic rings. The Hall–Kier alpha value is -1.34. The first-order valence-corrected chi connectivity index (χ1v) is 11.2. The molecule has 1 amide bonds. The maximum Gasteiger partial charge on any atom is 0.227 e. The number of benzene rings is 2. The number of rotatable bonds is 5. The van der Waals surface area contributed by atoms with Crippen LogP contribution >= 0.6 is 27.7 Å². The third kappa shape index (κ3) is 4.93. The highest BCUT2D eigenvalue weighted by Crippen LogP contribution is 2.26. The predicted molar refractivity (Wildman–Crippen MR) is 114 cm³/mol. The van der Waals surface area contributed by atoms with Gasteiger partial charge in [-0.15, -0.1) is 11.8 Å². The van der Waals surface area contributed by atoms with Crippen molar-refractivity contribution >= 4 is 33.6 Å². The molecular formula is C21H24BrN3OS. The van der Waals surface area contributed by atoms with Crippen LogP contribution in [0, 0.1) is 5.92 Å². The summed E-state index contributed by atoms with van der Waals surface area (Å²) in [6, 6.07) is 19.1. The van der Waals surface area contributed by atoms with E-state index in [2.05, 4.69) is 67.9 Å². The molecular weight excluding hydrogens is 422 g/mol. The van der Waals surface area contributed by atoms with Crippen LogP contribution in [0.4, 0.5) is 0 Å². The lowest BCUT2D eigenvalue weighted by Gasteiger charge is -2.43. The van der Waals surface area contributed by atoms with Crippen LogP contribution in [-0.2, 0) is 17.1 Å². The highest BCUT2D eigenvalue weighted by Gasteiger charge is 2.39. The van der Waals surface area contributed by atoms with E-state index in [0.29, 0.717) is 0 Å². The highest BCUT2D eigenvalue weighted by atomic mass is 79.9. The molecule has 2 N–H and O–H groups in total. The van der Waals surface area contributed by atoms with E-state index in [1.54, 1.807) is 11.8 Å². The van der Waals surface area contributed by atoms with Crippen molar-refractivity contribution in [2.75, 3.05) is 13.1 Å². The second-order valence-electron chi connectivity index (χ2n) is 7.22. The van der Waals surface area contributed by atoms with E-state index in [-0.39, 0.29) is 23.4 Å². The third-order valence-electron chi connectivity index (χ3n) is 5.23. The predicted octanol–water partition coefficient (Wildman–Crippen LogP) is 3.58. The van der Waals surface area contributed by atoms with Crippen LogP contribution in [0.15, 0.2) is 59.1 Å². The fourth-order valence-electron chi connectivity index (χ4n) is 3.84. The number of fused-ring (bicyclic) bond motifs is 1. The molecule has 0 saturated carbocycles. The van der Waals surface area contributed by atoms with E-state index < -0.39 is 0 Å². The van der Waals surface area contributed by atoms with Crippen molar-refractivity contribution in [1.29, 1.82) is 0 Å². The smallest absolute Gasteiger partial charge is 0.227 e.